The predicted molar refractivity (Wildman–Crippen MR) is 130 cm³/mol. The average Bonchev–Trinajstić information content (AvgIpc) is 3.33. The van der Waals surface area contributed by atoms with Gasteiger partial charge in [-0.05, 0) is 55.3 Å². The maximum Gasteiger partial charge on any atom is 0.293 e. The van der Waals surface area contributed by atoms with Crippen LogP contribution in [0.1, 0.15) is 21.7 Å². The Kier molecular flexibility index (Phi) is 6.38. The number of ether oxygens (including phenoxy) is 1. The van der Waals surface area contributed by atoms with Gasteiger partial charge in [-0.15, -0.1) is 0 Å². The first kappa shape index (κ1) is 23.1. The maximum atomic E-state index is 13.2. The molecule has 0 aliphatic heterocycles. The van der Waals surface area contributed by atoms with Gasteiger partial charge in [0.2, 0.25) is 11.7 Å². The van der Waals surface area contributed by atoms with Gasteiger partial charge in [0.25, 0.3) is 15.9 Å². The van der Waals surface area contributed by atoms with Crippen LogP contribution >= 0.6 is 0 Å². The highest BCUT2D eigenvalue weighted by Gasteiger charge is 2.23. The summed E-state index contributed by atoms with van der Waals surface area (Å²) in [6.45, 7) is 3.64. The normalized spacial score (nSPS) is 11.1. The molecule has 3 aromatic carbocycles. The average molecular weight is 478 g/mol. The number of aryl methyl sites for hydroxylation is 2. The topological polar surface area (TPSA) is 111 Å². The lowest BCUT2D eigenvalue weighted by molar-refractivity contribution is 0.0997. The molecular formula is C25H23N3O5S. The summed E-state index contributed by atoms with van der Waals surface area (Å²) in [5.41, 5.74) is 3.05. The molecule has 0 bridgehead atoms. The Hall–Kier alpha value is -4.11. The van der Waals surface area contributed by atoms with Crippen LogP contribution in [-0.2, 0) is 10.0 Å². The number of carbonyl (C=O) groups is 1. The lowest BCUT2D eigenvalue weighted by atomic mass is 10.1. The van der Waals surface area contributed by atoms with E-state index in [0.29, 0.717) is 11.6 Å². The third-order valence-corrected chi connectivity index (χ3v) is 6.55. The highest BCUT2D eigenvalue weighted by molar-refractivity contribution is 7.92. The van der Waals surface area contributed by atoms with E-state index in [-0.39, 0.29) is 22.1 Å². The Morgan fingerprint density at radius 1 is 0.971 bits per heavy atom. The number of rotatable bonds is 7. The molecule has 0 saturated carbocycles. The molecule has 2 N–H and O–H groups in total. The van der Waals surface area contributed by atoms with Crippen molar-refractivity contribution in [1.82, 2.24) is 4.98 Å². The number of anilines is 2. The van der Waals surface area contributed by atoms with Crippen molar-refractivity contribution in [3.63, 3.8) is 0 Å². The van der Waals surface area contributed by atoms with Crippen LogP contribution in [0.3, 0.4) is 0 Å². The molecule has 174 valence electrons. The summed E-state index contributed by atoms with van der Waals surface area (Å²) in [7, 11) is -2.64. The second kappa shape index (κ2) is 9.40. The van der Waals surface area contributed by atoms with Crippen molar-refractivity contribution in [2.45, 2.75) is 18.7 Å². The summed E-state index contributed by atoms with van der Waals surface area (Å²) in [5, 5.41) is 2.65. The maximum absolute atomic E-state index is 13.2. The SMILES string of the molecule is COc1ccc(NC(=O)c2cnc(-c3ccccc3)o2)cc1S(=O)(=O)Nc1c(C)cccc1C. The third-order valence-electron chi connectivity index (χ3n) is 5.18. The first-order valence-corrected chi connectivity index (χ1v) is 11.9. The minimum absolute atomic E-state index is 0.00672. The van der Waals surface area contributed by atoms with Gasteiger partial charge in [0.1, 0.15) is 10.6 Å². The molecule has 0 atom stereocenters. The number of amides is 1. The van der Waals surface area contributed by atoms with Crippen LogP contribution in [0.2, 0.25) is 0 Å². The molecular weight excluding hydrogens is 454 g/mol. The van der Waals surface area contributed by atoms with E-state index in [1.807, 2.05) is 62.4 Å². The van der Waals surface area contributed by atoms with Gasteiger partial charge >= 0.3 is 0 Å². The van der Waals surface area contributed by atoms with Crippen molar-refractivity contribution in [1.29, 1.82) is 0 Å². The Labute approximate surface area is 197 Å². The van der Waals surface area contributed by atoms with Crippen LogP contribution in [0.4, 0.5) is 11.4 Å². The summed E-state index contributed by atoms with van der Waals surface area (Å²) < 4.78 is 39.9. The quantitative estimate of drug-likeness (QED) is 0.387. The van der Waals surface area contributed by atoms with Crippen molar-refractivity contribution in [3.05, 3.63) is 89.8 Å². The molecule has 0 fully saturated rings. The molecule has 0 spiro atoms. The molecule has 34 heavy (non-hydrogen) atoms. The lowest BCUT2D eigenvalue weighted by Crippen LogP contribution is -2.17. The number of nitrogens with one attached hydrogen (secondary N) is 2. The number of para-hydroxylation sites is 1. The molecule has 8 nitrogen and oxygen atoms in total. The highest BCUT2D eigenvalue weighted by atomic mass is 32.2. The van der Waals surface area contributed by atoms with Crippen molar-refractivity contribution in [2.24, 2.45) is 0 Å². The Balaban J connectivity index is 1.60. The number of hydrogen-bond donors (Lipinski definition) is 2. The minimum atomic E-state index is -4.02. The predicted octanol–water partition coefficient (Wildman–Crippen LogP) is 5.02. The standard InChI is InChI=1S/C25H23N3O5S/c1-16-8-7-9-17(2)23(16)28-34(30,31)22-14-19(12-13-20(22)32-3)27-24(29)21-15-26-25(33-21)18-10-5-4-6-11-18/h4-15,28H,1-3H3,(H,27,29). The first-order chi connectivity index (χ1) is 16.3. The molecule has 0 aliphatic rings. The first-order valence-electron chi connectivity index (χ1n) is 10.4. The fourth-order valence-corrected chi connectivity index (χ4v) is 4.81. The molecule has 4 aromatic rings. The van der Waals surface area contributed by atoms with Gasteiger partial charge in [0, 0.05) is 11.3 Å². The lowest BCUT2D eigenvalue weighted by Gasteiger charge is -2.16. The number of nitrogens with zero attached hydrogens (tertiary/aromatic N) is 1. The van der Waals surface area contributed by atoms with Crippen molar-refractivity contribution >= 4 is 27.3 Å². The Bertz CT molecular complexity index is 1430. The van der Waals surface area contributed by atoms with Gasteiger partial charge in [-0.1, -0.05) is 36.4 Å². The largest absolute Gasteiger partial charge is 0.495 e. The van der Waals surface area contributed by atoms with Crippen LogP contribution in [0.25, 0.3) is 11.5 Å². The molecule has 9 heteroatoms. The second-order valence-corrected chi connectivity index (χ2v) is 9.24. The van der Waals surface area contributed by atoms with Gasteiger partial charge in [0.15, 0.2) is 0 Å². The van der Waals surface area contributed by atoms with E-state index < -0.39 is 15.9 Å². The monoisotopic (exact) mass is 477 g/mol. The summed E-state index contributed by atoms with van der Waals surface area (Å²) in [4.78, 5) is 16.7. The molecule has 1 aromatic heterocycles. The van der Waals surface area contributed by atoms with E-state index in [1.165, 1.54) is 25.4 Å². The number of methoxy groups -OCH3 is 1. The van der Waals surface area contributed by atoms with Gasteiger partial charge in [-0.2, -0.15) is 0 Å². The molecule has 1 heterocycles. The molecule has 1 amide bonds. The van der Waals surface area contributed by atoms with Gasteiger partial charge in [-0.3, -0.25) is 9.52 Å². The molecule has 4 rings (SSSR count). The number of carbonyl (C=O) groups excluding carboxylic acids is 1. The number of oxazole rings is 1. The van der Waals surface area contributed by atoms with Gasteiger partial charge < -0.3 is 14.5 Å². The zero-order valence-corrected chi connectivity index (χ0v) is 19.6. The fourth-order valence-electron chi connectivity index (χ4n) is 3.42. The van der Waals surface area contributed by atoms with E-state index in [1.54, 1.807) is 6.07 Å². The summed E-state index contributed by atoms with van der Waals surface area (Å²) in [6.07, 6.45) is 1.32. The van der Waals surface area contributed by atoms with Gasteiger partial charge in [0.05, 0.1) is 19.0 Å². The fraction of sp³-hybridized carbons (Fsp3) is 0.120. The van der Waals surface area contributed by atoms with Crippen LogP contribution in [0.15, 0.2) is 82.2 Å². The van der Waals surface area contributed by atoms with E-state index in [4.69, 9.17) is 9.15 Å². The van der Waals surface area contributed by atoms with Crippen LogP contribution < -0.4 is 14.8 Å². The third kappa shape index (κ3) is 4.79. The van der Waals surface area contributed by atoms with Crippen LogP contribution in [0.5, 0.6) is 5.75 Å². The molecule has 0 radical (unpaired) electrons. The van der Waals surface area contributed by atoms with E-state index in [2.05, 4.69) is 15.0 Å². The van der Waals surface area contributed by atoms with Gasteiger partial charge in [-0.25, -0.2) is 13.4 Å². The van der Waals surface area contributed by atoms with Crippen molar-refractivity contribution in [2.75, 3.05) is 17.1 Å². The summed E-state index contributed by atoms with van der Waals surface area (Å²) >= 11 is 0. The van der Waals surface area contributed by atoms with Crippen molar-refractivity contribution in [3.8, 4) is 17.2 Å². The summed E-state index contributed by atoms with van der Waals surface area (Å²) in [6, 6.07) is 19.0. The number of hydrogen-bond acceptors (Lipinski definition) is 6. The Morgan fingerprint density at radius 3 is 2.35 bits per heavy atom. The smallest absolute Gasteiger partial charge is 0.293 e. The molecule has 0 aliphatic carbocycles. The summed E-state index contributed by atoms with van der Waals surface area (Å²) in [5.74, 6) is -0.122. The van der Waals surface area contributed by atoms with E-state index in [0.717, 1.165) is 16.7 Å². The van der Waals surface area contributed by atoms with E-state index in [9.17, 15) is 13.2 Å². The highest BCUT2D eigenvalue weighted by Crippen LogP contribution is 2.31. The van der Waals surface area contributed by atoms with Crippen molar-refractivity contribution < 1.29 is 22.4 Å². The second-order valence-electron chi connectivity index (χ2n) is 7.59. The zero-order chi connectivity index (χ0) is 24.3. The number of sulfonamides is 1. The molecule has 0 saturated heterocycles. The van der Waals surface area contributed by atoms with Crippen LogP contribution in [-0.4, -0.2) is 26.4 Å². The number of benzene rings is 3. The zero-order valence-electron chi connectivity index (χ0n) is 18.8. The van der Waals surface area contributed by atoms with E-state index >= 15 is 0 Å². The Morgan fingerprint density at radius 2 is 1.68 bits per heavy atom. The molecule has 0 unspecified atom stereocenters. The minimum Gasteiger partial charge on any atom is -0.495 e. The number of aromatic nitrogens is 1. The van der Waals surface area contributed by atoms with Crippen LogP contribution in [0, 0.1) is 13.8 Å².